The number of carboxylic acids is 2. The normalized spacial score (nSPS) is 9.30. The fourth-order valence-corrected chi connectivity index (χ4v) is 1.93. The number of aliphatic carboxylic acids is 2. The van der Waals surface area contributed by atoms with Crippen LogP contribution in [0.25, 0.3) is 0 Å². The second-order valence-electron chi connectivity index (χ2n) is 5.73. The zero-order valence-corrected chi connectivity index (χ0v) is 16.4. The van der Waals surface area contributed by atoms with Crippen molar-refractivity contribution in [2.24, 2.45) is 0 Å². The molecule has 0 rings (SSSR count). The summed E-state index contributed by atoms with van der Waals surface area (Å²) in [5.41, 5.74) is 0.0648. The van der Waals surface area contributed by atoms with E-state index in [1.165, 1.54) is 64.7 Å². The Morgan fingerprint density at radius 2 is 1.09 bits per heavy atom. The van der Waals surface area contributed by atoms with Crippen LogP contribution in [0.1, 0.15) is 90.9 Å². The number of rotatable bonds is 13. The molecule has 130 valence electrons. The summed E-state index contributed by atoms with van der Waals surface area (Å²) in [7, 11) is 0. The topological polar surface area (TPSA) is 80.3 Å². The largest absolute Gasteiger partial charge is 2.00 e. The van der Waals surface area contributed by atoms with Crippen molar-refractivity contribution < 1.29 is 19.8 Å². The second kappa shape index (κ2) is 21.4. The molecule has 0 atom stereocenters. The summed E-state index contributed by atoms with van der Waals surface area (Å²) < 4.78 is 0. The third-order valence-electron chi connectivity index (χ3n) is 3.33. The van der Waals surface area contributed by atoms with Gasteiger partial charge in [0.2, 0.25) is 0 Å². The van der Waals surface area contributed by atoms with E-state index in [1.807, 2.05) is 0 Å². The van der Waals surface area contributed by atoms with Gasteiger partial charge in [0, 0.05) is 5.97 Å². The number of carbonyl (C=O) groups excluding carboxylic acids is 2. The van der Waals surface area contributed by atoms with Crippen molar-refractivity contribution in [3.8, 4) is 0 Å². The van der Waals surface area contributed by atoms with Crippen molar-refractivity contribution in [2.75, 3.05) is 0 Å². The van der Waals surface area contributed by atoms with Gasteiger partial charge in [0.05, 0.1) is 5.97 Å². The molecule has 0 saturated heterocycles. The SMILES string of the molecule is C=C(C)C(=O)[O-].CCCCCCCCCCCCCC(=O)[O-].[Mg+2]. The number of unbranched alkanes of at least 4 members (excludes halogenated alkanes) is 10. The molecule has 0 aliphatic carbocycles. The third kappa shape index (κ3) is 30.0. The van der Waals surface area contributed by atoms with Gasteiger partial charge >= 0.3 is 23.1 Å². The van der Waals surface area contributed by atoms with Crippen LogP contribution in [0.5, 0.6) is 0 Å². The minimum Gasteiger partial charge on any atom is -0.550 e. The summed E-state index contributed by atoms with van der Waals surface area (Å²) in [4.78, 5) is 19.6. The Balaban J connectivity index is -0.000000487. The van der Waals surface area contributed by atoms with Crippen LogP contribution in [0.3, 0.4) is 0 Å². The summed E-state index contributed by atoms with van der Waals surface area (Å²) in [5.74, 6) is -2.09. The monoisotopic (exact) mass is 336 g/mol. The molecule has 0 aromatic rings. The van der Waals surface area contributed by atoms with Crippen LogP contribution >= 0.6 is 0 Å². The second-order valence-corrected chi connectivity index (χ2v) is 5.73. The molecular formula is C18H32MgO4. The number of hydrogen-bond donors (Lipinski definition) is 0. The van der Waals surface area contributed by atoms with Crippen molar-refractivity contribution in [1.29, 1.82) is 0 Å². The van der Waals surface area contributed by atoms with E-state index >= 15 is 0 Å². The molecule has 5 heteroatoms. The average Bonchev–Trinajstić information content (AvgIpc) is 2.45. The van der Waals surface area contributed by atoms with Gasteiger partial charge in [0.1, 0.15) is 0 Å². The number of carbonyl (C=O) groups is 2. The van der Waals surface area contributed by atoms with Crippen molar-refractivity contribution >= 4 is 35.0 Å². The van der Waals surface area contributed by atoms with Gasteiger partial charge in [-0.2, -0.15) is 0 Å². The van der Waals surface area contributed by atoms with Gasteiger partial charge in [-0.1, -0.05) is 77.7 Å². The Kier molecular flexibility index (Phi) is 25.5. The maximum absolute atomic E-state index is 10.1. The van der Waals surface area contributed by atoms with Gasteiger partial charge in [0.25, 0.3) is 0 Å². The van der Waals surface area contributed by atoms with Crippen LogP contribution in [0, 0.1) is 0 Å². The molecule has 0 aromatic heterocycles. The summed E-state index contributed by atoms with van der Waals surface area (Å²) >= 11 is 0. The zero-order chi connectivity index (χ0) is 17.2. The van der Waals surface area contributed by atoms with Gasteiger partial charge in [0.15, 0.2) is 0 Å². The Morgan fingerprint density at radius 1 is 0.783 bits per heavy atom. The molecule has 0 aromatic carbocycles. The third-order valence-corrected chi connectivity index (χ3v) is 3.33. The van der Waals surface area contributed by atoms with E-state index in [1.54, 1.807) is 0 Å². The molecule has 0 radical (unpaired) electrons. The van der Waals surface area contributed by atoms with E-state index in [9.17, 15) is 19.8 Å². The predicted molar refractivity (Wildman–Crippen MR) is 91.7 cm³/mol. The molecule has 23 heavy (non-hydrogen) atoms. The first kappa shape index (κ1) is 27.3. The van der Waals surface area contributed by atoms with Crippen molar-refractivity contribution in [3.63, 3.8) is 0 Å². The minimum atomic E-state index is -1.19. The van der Waals surface area contributed by atoms with Crippen LogP contribution < -0.4 is 10.2 Å². The average molecular weight is 337 g/mol. The molecule has 0 fully saturated rings. The van der Waals surface area contributed by atoms with E-state index in [-0.39, 0.29) is 35.0 Å². The Labute approximate surface area is 157 Å². The van der Waals surface area contributed by atoms with Crippen molar-refractivity contribution in [1.82, 2.24) is 0 Å². The molecule has 0 bridgehead atoms. The molecule has 0 saturated carbocycles. The zero-order valence-electron chi connectivity index (χ0n) is 15.0. The number of carboxylic acid groups (broad SMARTS) is 2. The van der Waals surface area contributed by atoms with Crippen LogP contribution in [-0.2, 0) is 9.59 Å². The maximum atomic E-state index is 10.1. The first-order valence-electron chi connectivity index (χ1n) is 8.48. The molecule has 0 spiro atoms. The van der Waals surface area contributed by atoms with E-state index < -0.39 is 11.9 Å². The van der Waals surface area contributed by atoms with Gasteiger partial charge in [-0.15, -0.1) is 0 Å². The minimum absolute atomic E-state index is 0. The van der Waals surface area contributed by atoms with Gasteiger partial charge in [-0.25, -0.2) is 0 Å². The maximum Gasteiger partial charge on any atom is 2.00 e. The molecular weight excluding hydrogens is 304 g/mol. The predicted octanol–water partition coefficient (Wildman–Crippen LogP) is 2.37. The van der Waals surface area contributed by atoms with Crippen molar-refractivity contribution in [2.45, 2.75) is 90.9 Å². The van der Waals surface area contributed by atoms with Crippen molar-refractivity contribution in [3.05, 3.63) is 12.2 Å². The van der Waals surface area contributed by atoms with E-state index in [0.29, 0.717) is 0 Å². The first-order chi connectivity index (χ1) is 10.4. The van der Waals surface area contributed by atoms with Gasteiger partial charge in [-0.3, -0.25) is 0 Å². The molecule has 0 unspecified atom stereocenters. The Bertz CT molecular complexity index is 291. The first-order valence-corrected chi connectivity index (χ1v) is 8.48. The van der Waals surface area contributed by atoms with E-state index in [2.05, 4.69) is 13.5 Å². The van der Waals surface area contributed by atoms with Crippen LogP contribution in [0.4, 0.5) is 0 Å². The van der Waals surface area contributed by atoms with E-state index in [0.717, 1.165) is 12.8 Å². The van der Waals surface area contributed by atoms with Crippen LogP contribution in [0.2, 0.25) is 0 Å². The Hall–Kier alpha value is -0.554. The van der Waals surface area contributed by atoms with Crippen LogP contribution in [0.15, 0.2) is 12.2 Å². The quantitative estimate of drug-likeness (QED) is 0.294. The fourth-order valence-electron chi connectivity index (χ4n) is 1.93. The number of hydrogen-bond acceptors (Lipinski definition) is 4. The van der Waals surface area contributed by atoms with Gasteiger partial charge < -0.3 is 19.8 Å². The molecule has 0 aliphatic heterocycles. The molecule has 0 N–H and O–H groups in total. The van der Waals surface area contributed by atoms with Crippen LogP contribution in [-0.4, -0.2) is 35.0 Å². The van der Waals surface area contributed by atoms with E-state index in [4.69, 9.17) is 0 Å². The summed E-state index contributed by atoms with van der Waals surface area (Å²) in [6, 6.07) is 0. The summed E-state index contributed by atoms with van der Waals surface area (Å²) in [6.07, 6.45) is 14.0. The molecule has 0 aliphatic rings. The van der Waals surface area contributed by atoms with Gasteiger partial charge in [-0.05, 0) is 25.3 Å². The summed E-state index contributed by atoms with van der Waals surface area (Å²) in [5, 5.41) is 19.6. The molecule has 0 heterocycles. The molecule has 0 amide bonds. The Morgan fingerprint density at radius 3 is 1.35 bits per heavy atom. The molecule has 4 nitrogen and oxygen atoms in total. The summed E-state index contributed by atoms with van der Waals surface area (Å²) in [6.45, 7) is 6.72. The smallest absolute Gasteiger partial charge is 0.550 e. The standard InChI is InChI=1S/C14H28O2.C4H6O2.Mg/c1-2-3-4-5-6-7-8-9-10-11-12-13-14(15)16;1-3(2)4(5)6;/h2-13H2,1H3,(H,15,16);1H2,2H3,(H,5,6);/q;;+2/p-2. The fraction of sp³-hybridized carbons (Fsp3) is 0.778.